The van der Waals surface area contributed by atoms with Crippen LogP contribution in [0, 0.1) is 0 Å². The molecule has 1 aliphatic carbocycles. The van der Waals surface area contributed by atoms with E-state index in [4.69, 9.17) is 4.74 Å². The minimum Gasteiger partial charge on any atom is -0.465 e. The van der Waals surface area contributed by atoms with Gasteiger partial charge in [0.05, 0.1) is 19.2 Å². The molecule has 6 nitrogen and oxygen atoms in total. The molecule has 2 aliphatic rings. The number of hydrogen-bond acceptors (Lipinski definition) is 4. The summed E-state index contributed by atoms with van der Waals surface area (Å²) in [4.78, 5) is 27.8. The number of fused-ring (bicyclic) bond motifs is 5. The van der Waals surface area contributed by atoms with Gasteiger partial charge in [-0.05, 0) is 57.2 Å². The van der Waals surface area contributed by atoms with Gasteiger partial charge in [0.15, 0.2) is 0 Å². The fraction of sp³-hybridized carbons (Fsp3) is 0.500. The second-order valence-electron chi connectivity index (χ2n) is 7.07. The lowest BCUT2D eigenvalue weighted by atomic mass is 9.95. The van der Waals surface area contributed by atoms with Crippen molar-refractivity contribution < 1.29 is 14.3 Å². The molecule has 0 fully saturated rings. The van der Waals surface area contributed by atoms with Crippen molar-refractivity contribution in [2.75, 3.05) is 13.2 Å². The molecule has 0 bridgehead atoms. The first kappa shape index (κ1) is 18.1. The van der Waals surface area contributed by atoms with Gasteiger partial charge in [-0.1, -0.05) is 0 Å². The maximum absolute atomic E-state index is 12.9. The zero-order valence-corrected chi connectivity index (χ0v) is 16.6. The fourth-order valence-electron chi connectivity index (χ4n) is 4.07. The lowest BCUT2D eigenvalue weighted by molar-refractivity contribution is -0.141. The van der Waals surface area contributed by atoms with E-state index in [0.29, 0.717) is 13.2 Å². The number of carbonyl (C=O) groups is 2. The number of nitrogens with zero attached hydrogens (tertiary/aromatic N) is 2. The SMILES string of the molecule is CCOC(=O)CNC(=O)N1Cc2c(sc3c2CCCC3)-n2cccc2[C@@H]1C. The maximum Gasteiger partial charge on any atom is 0.325 e. The van der Waals surface area contributed by atoms with E-state index < -0.39 is 5.97 Å². The van der Waals surface area contributed by atoms with E-state index in [9.17, 15) is 9.59 Å². The highest BCUT2D eigenvalue weighted by molar-refractivity contribution is 7.15. The van der Waals surface area contributed by atoms with Crippen molar-refractivity contribution in [2.45, 2.75) is 52.1 Å². The summed E-state index contributed by atoms with van der Waals surface area (Å²) < 4.78 is 7.16. The summed E-state index contributed by atoms with van der Waals surface area (Å²) in [5.41, 5.74) is 3.79. The number of ether oxygens (including phenoxy) is 1. The standard InChI is InChI=1S/C20H25N3O3S/c1-3-26-18(24)11-21-20(25)23-12-15-14-7-4-5-9-17(14)27-19(15)22-10-6-8-16(22)13(23)2/h6,8,10,13H,3-5,7,9,11-12H2,1-2H3,(H,21,25)/t13-/m0/s1. The Morgan fingerprint density at radius 3 is 2.93 bits per heavy atom. The molecule has 3 heterocycles. The predicted molar refractivity (Wildman–Crippen MR) is 104 cm³/mol. The Hall–Kier alpha value is -2.28. The van der Waals surface area contributed by atoms with Crippen molar-refractivity contribution in [1.82, 2.24) is 14.8 Å². The van der Waals surface area contributed by atoms with Crippen molar-refractivity contribution in [2.24, 2.45) is 0 Å². The lowest BCUT2D eigenvalue weighted by Gasteiger charge is -2.28. The molecule has 1 atom stereocenters. The first-order valence-corrected chi connectivity index (χ1v) is 10.4. The summed E-state index contributed by atoms with van der Waals surface area (Å²) in [5, 5.41) is 3.97. The molecule has 27 heavy (non-hydrogen) atoms. The number of carbonyl (C=O) groups excluding carboxylic acids is 2. The molecule has 0 radical (unpaired) electrons. The molecule has 0 spiro atoms. The van der Waals surface area contributed by atoms with Crippen LogP contribution in [0.1, 0.15) is 54.4 Å². The van der Waals surface area contributed by atoms with Crippen LogP contribution in [0.2, 0.25) is 0 Å². The van der Waals surface area contributed by atoms with Gasteiger partial charge in [-0.15, -0.1) is 11.3 Å². The van der Waals surface area contributed by atoms with Gasteiger partial charge in [0, 0.05) is 22.3 Å². The quantitative estimate of drug-likeness (QED) is 0.819. The van der Waals surface area contributed by atoms with Gasteiger partial charge in [0.1, 0.15) is 11.5 Å². The number of amides is 2. The van der Waals surface area contributed by atoms with Crippen molar-refractivity contribution in [3.63, 3.8) is 0 Å². The normalized spacial score (nSPS) is 18.1. The Kier molecular flexibility index (Phi) is 4.95. The molecular weight excluding hydrogens is 362 g/mol. The van der Waals surface area contributed by atoms with E-state index in [1.807, 2.05) is 29.2 Å². The summed E-state index contributed by atoms with van der Waals surface area (Å²) in [6.07, 6.45) is 6.76. The van der Waals surface area contributed by atoms with Crippen LogP contribution in [0.4, 0.5) is 4.79 Å². The van der Waals surface area contributed by atoms with E-state index in [-0.39, 0.29) is 18.6 Å². The van der Waals surface area contributed by atoms with E-state index >= 15 is 0 Å². The zero-order chi connectivity index (χ0) is 19.0. The van der Waals surface area contributed by atoms with Gasteiger partial charge in [-0.25, -0.2) is 4.79 Å². The van der Waals surface area contributed by atoms with Crippen LogP contribution in [-0.4, -0.2) is 34.6 Å². The number of esters is 1. The van der Waals surface area contributed by atoms with Crippen LogP contribution in [0.25, 0.3) is 5.00 Å². The maximum atomic E-state index is 12.9. The Balaban J connectivity index is 1.66. The molecule has 144 valence electrons. The molecule has 0 aromatic carbocycles. The molecule has 2 aromatic rings. The zero-order valence-electron chi connectivity index (χ0n) is 15.8. The second kappa shape index (κ2) is 7.38. The first-order valence-electron chi connectivity index (χ1n) is 9.61. The third-order valence-corrected chi connectivity index (χ3v) is 6.77. The van der Waals surface area contributed by atoms with Crippen LogP contribution in [0.5, 0.6) is 0 Å². The third kappa shape index (κ3) is 3.25. The molecule has 0 saturated carbocycles. The second-order valence-corrected chi connectivity index (χ2v) is 8.15. The molecular formula is C20H25N3O3S. The molecule has 7 heteroatoms. The minimum absolute atomic E-state index is 0.0824. The molecule has 1 N–H and O–H groups in total. The van der Waals surface area contributed by atoms with Crippen LogP contribution >= 0.6 is 11.3 Å². The number of rotatable bonds is 3. The summed E-state index contributed by atoms with van der Waals surface area (Å²) in [5.74, 6) is -0.412. The van der Waals surface area contributed by atoms with Crippen molar-refractivity contribution in [3.8, 4) is 5.00 Å². The average Bonchev–Trinajstić information content (AvgIpc) is 3.26. The highest BCUT2D eigenvalue weighted by Gasteiger charge is 2.33. The molecule has 0 saturated heterocycles. The van der Waals surface area contributed by atoms with Gasteiger partial charge in [0.2, 0.25) is 0 Å². The summed E-state index contributed by atoms with van der Waals surface area (Å²) in [6.45, 7) is 4.57. The predicted octanol–water partition coefficient (Wildman–Crippen LogP) is 3.57. The van der Waals surface area contributed by atoms with Crippen molar-refractivity contribution >= 4 is 23.3 Å². The number of nitrogens with one attached hydrogen (secondary N) is 1. The monoisotopic (exact) mass is 387 g/mol. The number of aryl methyl sites for hydroxylation is 1. The average molecular weight is 388 g/mol. The molecule has 2 aromatic heterocycles. The number of urea groups is 1. The van der Waals surface area contributed by atoms with Gasteiger partial charge in [0.25, 0.3) is 0 Å². The van der Waals surface area contributed by atoms with Crippen LogP contribution in [0.15, 0.2) is 18.3 Å². The van der Waals surface area contributed by atoms with Gasteiger partial charge in [-0.2, -0.15) is 0 Å². The van der Waals surface area contributed by atoms with E-state index in [0.717, 1.165) is 18.5 Å². The fourth-order valence-corrected chi connectivity index (χ4v) is 5.47. The number of aromatic nitrogens is 1. The summed E-state index contributed by atoms with van der Waals surface area (Å²) >= 11 is 1.87. The van der Waals surface area contributed by atoms with E-state index in [1.54, 1.807) is 6.92 Å². The van der Waals surface area contributed by atoms with Crippen LogP contribution in [0.3, 0.4) is 0 Å². The number of thiophene rings is 1. The van der Waals surface area contributed by atoms with E-state index in [1.165, 1.54) is 33.8 Å². The smallest absolute Gasteiger partial charge is 0.325 e. The Morgan fingerprint density at radius 2 is 2.11 bits per heavy atom. The molecule has 0 unspecified atom stereocenters. The van der Waals surface area contributed by atoms with Gasteiger partial charge < -0.3 is 19.5 Å². The van der Waals surface area contributed by atoms with Crippen molar-refractivity contribution in [3.05, 3.63) is 40.0 Å². The largest absolute Gasteiger partial charge is 0.465 e. The highest BCUT2D eigenvalue weighted by atomic mass is 32.1. The molecule has 4 rings (SSSR count). The molecule has 2 amide bonds. The Labute approximate surface area is 163 Å². The minimum atomic E-state index is -0.412. The number of hydrogen-bond donors (Lipinski definition) is 1. The first-order chi connectivity index (χ1) is 13.1. The lowest BCUT2D eigenvalue weighted by Crippen LogP contribution is -2.43. The third-order valence-electron chi connectivity index (χ3n) is 5.43. The summed E-state index contributed by atoms with van der Waals surface area (Å²) in [7, 11) is 0. The Bertz CT molecular complexity index is 870. The van der Waals surface area contributed by atoms with Gasteiger partial charge >= 0.3 is 12.0 Å². The molecule has 1 aliphatic heterocycles. The summed E-state index contributed by atoms with van der Waals surface area (Å²) in [6, 6.07) is 3.80. The van der Waals surface area contributed by atoms with Crippen molar-refractivity contribution in [1.29, 1.82) is 0 Å². The van der Waals surface area contributed by atoms with Crippen LogP contribution in [-0.2, 0) is 28.9 Å². The topological polar surface area (TPSA) is 63.6 Å². The highest BCUT2D eigenvalue weighted by Crippen LogP contribution is 2.42. The Morgan fingerprint density at radius 1 is 1.30 bits per heavy atom. The van der Waals surface area contributed by atoms with Gasteiger partial charge in [-0.3, -0.25) is 4.79 Å². The van der Waals surface area contributed by atoms with Crippen LogP contribution < -0.4 is 5.32 Å². The van der Waals surface area contributed by atoms with E-state index in [2.05, 4.69) is 22.1 Å².